The number of aryl methyl sites for hydroxylation is 2. The quantitative estimate of drug-likeness (QED) is 0.270. The summed E-state index contributed by atoms with van der Waals surface area (Å²) < 4.78 is 7.09. The smallest absolute Gasteiger partial charge is 0.337 e. The molecule has 0 saturated heterocycles. The summed E-state index contributed by atoms with van der Waals surface area (Å²) >= 11 is 0. The molecule has 9 heteroatoms. The van der Waals surface area contributed by atoms with E-state index in [4.69, 9.17) is 9.72 Å². The van der Waals surface area contributed by atoms with Gasteiger partial charge >= 0.3 is 5.97 Å². The average molecular weight is 508 g/mol. The molecule has 0 fully saturated rings. The number of nitrogens with one attached hydrogen (secondary N) is 1. The lowest BCUT2D eigenvalue weighted by Crippen LogP contribution is -2.04. The van der Waals surface area contributed by atoms with Gasteiger partial charge in [-0.1, -0.05) is 61.9 Å². The molecule has 0 amide bonds. The normalized spacial score (nSPS) is 11.0. The van der Waals surface area contributed by atoms with E-state index in [1.807, 2.05) is 25.3 Å². The van der Waals surface area contributed by atoms with Gasteiger partial charge in [-0.15, -0.1) is 10.2 Å². The van der Waals surface area contributed by atoms with Crippen LogP contribution in [-0.2, 0) is 17.7 Å². The molecular weight excluding hydrogens is 478 g/mol. The molecule has 0 unspecified atom stereocenters. The maximum atomic E-state index is 12.1. The van der Waals surface area contributed by atoms with Gasteiger partial charge in [-0.3, -0.25) is 4.98 Å². The van der Waals surface area contributed by atoms with Crippen molar-refractivity contribution < 1.29 is 9.53 Å². The van der Waals surface area contributed by atoms with E-state index in [0.29, 0.717) is 23.6 Å². The molecule has 0 aliphatic carbocycles. The third kappa shape index (κ3) is 5.51. The summed E-state index contributed by atoms with van der Waals surface area (Å²) in [6.45, 7) is 4.73. The van der Waals surface area contributed by atoms with Gasteiger partial charge in [0.25, 0.3) is 0 Å². The molecule has 9 nitrogen and oxygen atoms in total. The number of esters is 1. The Bertz CT molecular complexity index is 1520. The zero-order valence-electron chi connectivity index (χ0n) is 21.7. The molecule has 0 aliphatic heterocycles. The minimum atomic E-state index is -0.382. The number of imidazole rings is 1. The first-order chi connectivity index (χ1) is 18.5. The van der Waals surface area contributed by atoms with E-state index in [2.05, 4.69) is 73.5 Å². The number of aromatic amines is 1. The number of pyridine rings is 1. The lowest BCUT2D eigenvalue weighted by molar-refractivity contribution is 0.0600. The summed E-state index contributed by atoms with van der Waals surface area (Å²) in [6.07, 6.45) is 5.02. The molecule has 38 heavy (non-hydrogen) atoms. The van der Waals surface area contributed by atoms with Crippen molar-refractivity contribution in [3.05, 3.63) is 89.5 Å². The molecule has 0 atom stereocenters. The third-order valence-corrected chi connectivity index (χ3v) is 6.38. The largest absolute Gasteiger partial charge is 0.465 e. The van der Waals surface area contributed by atoms with Gasteiger partial charge in [0.2, 0.25) is 5.82 Å². The Morgan fingerprint density at radius 1 is 0.947 bits per heavy atom. The lowest BCUT2D eigenvalue weighted by Gasteiger charge is -2.09. The number of ether oxygens (including phenoxy) is 1. The predicted molar refractivity (Wildman–Crippen MR) is 144 cm³/mol. The molecule has 0 bridgehead atoms. The van der Waals surface area contributed by atoms with Crippen LogP contribution in [0.25, 0.3) is 33.9 Å². The van der Waals surface area contributed by atoms with Crippen LogP contribution in [0.3, 0.4) is 0 Å². The molecule has 5 rings (SSSR count). The van der Waals surface area contributed by atoms with Crippen molar-refractivity contribution in [3.63, 3.8) is 0 Å². The van der Waals surface area contributed by atoms with E-state index in [-0.39, 0.29) is 5.97 Å². The molecule has 3 aromatic heterocycles. The van der Waals surface area contributed by atoms with Crippen LogP contribution < -0.4 is 0 Å². The number of benzene rings is 2. The van der Waals surface area contributed by atoms with Gasteiger partial charge in [0.05, 0.1) is 18.4 Å². The van der Waals surface area contributed by atoms with Crippen molar-refractivity contribution in [3.8, 4) is 33.9 Å². The van der Waals surface area contributed by atoms with E-state index in [1.165, 1.54) is 12.7 Å². The number of aromatic nitrogens is 7. The second kappa shape index (κ2) is 11.2. The maximum Gasteiger partial charge on any atom is 0.337 e. The summed E-state index contributed by atoms with van der Waals surface area (Å²) in [5.74, 6) is 1.20. The number of rotatable bonds is 9. The Morgan fingerprint density at radius 3 is 2.32 bits per heavy atom. The Morgan fingerprint density at radius 2 is 1.66 bits per heavy atom. The summed E-state index contributed by atoms with van der Waals surface area (Å²) in [7, 11) is 1.38. The number of H-pyrrole nitrogens is 1. The fourth-order valence-corrected chi connectivity index (χ4v) is 4.38. The molecule has 192 valence electrons. The first kappa shape index (κ1) is 25.0. The third-order valence-electron chi connectivity index (χ3n) is 6.38. The highest BCUT2D eigenvalue weighted by Crippen LogP contribution is 2.25. The molecule has 0 aliphatic rings. The molecule has 5 aromatic rings. The first-order valence-electron chi connectivity index (χ1n) is 12.6. The van der Waals surface area contributed by atoms with Gasteiger partial charge in [-0.25, -0.2) is 9.78 Å². The number of methoxy groups -OCH3 is 1. The highest BCUT2D eigenvalue weighted by molar-refractivity contribution is 5.90. The van der Waals surface area contributed by atoms with Crippen molar-refractivity contribution >= 4 is 5.97 Å². The number of nitrogens with zero attached hydrogens (tertiary/aromatic N) is 6. The maximum absolute atomic E-state index is 12.1. The number of tetrazole rings is 1. The topological polar surface area (TPSA) is 111 Å². The molecular formula is C29H29N7O2. The Hall–Kier alpha value is -4.66. The van der Waals surface area contributed by atoms with E-state index >= 15 is 0 Å². The molecule has 2 aromatic carbocycles. The second-order valence-corrected chi connectivity index (χ2v) is 9.16. The molecule has 3 heterocycles. The van der Waals surface area contributed by atoms with E-state index in [9.17, 15) is 4.79 Å². The number of carbonyl (C=O) groups excluding carboxylic acids is 1. The molecule has 0 saturated carbocycles. The van der Waals surface area contributed by atoms with Crippen LogP contribution in [0.5, 0.6) is 0 Å². The van der Waals surface area contributed by atoms with E-state index in [1.54, 1.807) is 12.1 Å². The van der Waals surface area contributed by atoms with Gasteiger partial charge in [0, 0.05) is 30.4 Å². The standard InChI is InChI=1S/C29H29N7O2/c1-4-5-6-27-31-26(25-16-24(29(37)38-3)15-19(2)30-25)18-36(27)17-20-7-9-21(10-8-20)22-11-13-23(14-12-22)28-32-34-35-33-28/h7-16,18H,4-6,17H2,1-3H3,(H,32,33,34,35). The van der Waals surface area contributed by atoms with Crippen LogP contribution in [0.1, 0.15) is 47.2 Å². The van der Waals surface area contributed by atoms with E-state index in [0.717, 1.165) is 53.2 Å². The van der Waals surface area contributed by atoms with Crippen LogP contribution >= 0.6 is 0 Å². The first-order valence-corrected chi connectivity index (χ1v) is 12.6. The zero-order valence-corrected chi connectivity index (χ0v) is 21.7. The van der Waals surface area contributed by atoms with Crippen molar-refractivity contribution in [1.82, 2.24) is 35.2 Å². The molecule has 0 radical (unpaired) electrons. The summed E-state index contributed by atoms with van der Waals surface area (Å²) in [4.78, 5) is 21.7. The fraction of sp³-hybridized carbons (Fsp3) is 0.241. The van der Waals surface area contributed by atoms with Gasteiger partial charge in [-0.05, 0) is 47.4 Å². The van der Waals surface area contributed by atoms with Crippen LogP contribution in [-0.4, -0.2) is 48.2 Å². The highest BCUT2D eigenvalue weighted by atomic mass is 16.5. The monoisotopic (exact) mass is 507 g/mol. The minimum Gasteiger partial charge on any atom is -0.465 e. The summed E-state index contributed by atoms with van der Waals surface area (Å²) in [5.41, 5.74) is 6.97. The van der Waals surface area contributed by atoms with Crippen LogP contribution in [0, 0.1) is 6.92 Å². The van der Waals surface area contributed by atoms with Crippen molar-refractivity contribution in [1.29, 1.82) is 0 Å². The molecule has 1 N–H and O–H groups in total. The van der Waals surface area contributed by atoms with Gasteiger partial charge in [-0.2, -0.15) is 5.21 Å². The second-order valence-electron chi connectivity index (χ2n) is 9.16. The van der Waals surface area contributed by atoms with E-state index < -0.39 is 0 Å². The average Bonchev–Trinajstić information content (AvgIpc) is 3.62. The van der Waals surface area contributed by atoms with Crippen molar-refractivity contribution in [2.24, 2.45) is 0 Å². The Kier molecular flexibility index (Phi) is 7.35. The predicted octanol–water partition coefficient (Wildman–Crippen LogP) is 5.28. The fourth-order valence-electron chi connectivity index (χ4n) is 4.38. The number of unbranched alkanes of at least 4 members (excludes halogenated alkanes) is 1. The van der Waals surface area contributed by atoms with Gasteiger partial charge < -0.3 is 9.30 Å². The van der Waals surface area contributed by atoms with Crippen molar-refractivity contribution in [2.75, 3.05) is 7.11 Å². The number of carbonyl (C=O) groups is 1. The zero-order chi connectivity index (χ0) is 26.5. The van der Waals surface area contributed by atoms with Crippen LogP contribution in [0.4, 0.5) is 0 Å². The summed E-state index contributed by atoms with van der Waals surface area (Å²) in [6, 6.07) is 20.1. The van der Waals surface area contributed by atoms with Crippen LogP contribution in [0.15, 0.2) is 66.9 Å². The van der Waals surface area contributed by atoms with Gasteiger partial charge in [0.15, 0.2) is 0 Å². The number of hydrogen-bond acceptors (Lipinski definition) is 7. The lowest BCUT2D eigenvalue weighted by atomic mass is 10.0. The van der Waals surface area contributed by atoms with Crippen molar-refractivity contribution in [2.45, 2.75) is 39.7 Å². The van der Waals surface area contributed by atoms with Crippen LogP contribution in [0.2, 0.25) is 0 Å². The Labute approximate surface area is 220 Å². The van der Waals surface area contributed by atoms with Gasteiger partial charge in [0.1, 0.15) is 11.5 Å². The summed E-state index contributed by atoms with van der Waals surface area (Å²) in [5, 5.41) is 14.2. The SMILES string of the molecule is CCCCc1nc(-c2cc(C(=O)OC)cc(C)n2)cn1Cc1ccc(-c2ccc(-c3nn[nH]n3)cc2)cc1. The minimum absolute atomic E-state index is 0.382. The number of hydrogen-bond donors (Lipinski definition) is 1. The highest BCUT2D eigenvalue weighted by Gasteiger charge is 2.15. The Balaban J connectivity index is 1.38. The molecule has 0 spiro atoms.